The summed E-state index contributed by atoms with van der Waals surface area (Å²) in [6.45, 7) is 2.24. The van der Waals surface area contributed by atoms with Gasteiger partial charge < -0.3 is 9.64 Å². The molecule has 0 saturated heterocycles. The molecule has 1 aliphatic heterocycles. The van der Waals surface area contributed by atoms with E-state index in [1.54, 1.807) is 12.1 Å². The summed E-state index contributed by atoms with van der Waals surface area (Å²) in [5.41, 5.74) is 0.256. The maximum Gasteiger partial charge on any atom is 0.224 e. The molecule has 3 nitrogen and oxygen atoms in total. The molecule has 1 aromatic carbocycles. The molecule has 2 rings (SSSR count). The molecular weight excluding hydrogens is 185 g/mol. The van der Waals surface area contributed by atoms with E-state index in [9.17, 15) is 9.18 Å². The predicted molar refractivity (Wildman–Crippen MR) is 49.9 cm³/mol. The van der Waals surface area contributed by atoms with Gasteiger partial charge in [0.2, 0.25) is 5.91 Å². The number of hydrogen-bond donors (Lipinski definition) is 0. The zero-order chi connectivity index (χ0) is 10.1. The summed E-state index contributed by atoms with van der Waals surface area (Å²) in [4.78, 5) is 12.6. The molecule has 0 fully saturated rings. The van der Waals surface area contributed by atoms with Crippen LogP contribution in [-0.2, 0) is 4.79 Å². The highest BCUT2D eigenvalue weighted by Crippen LogP contribution is 2.33. The zero-order valence-electron chi connectivity index (χ0n) is 7.79. The van der Waals surface area contributed by atoms with Crippen molar-refractivity contribution in [2.24, 2.45) is 0 Å². The Labute approximate surface area is 81.1 Å². The number of amides is 1. The number of ether oxygens (including phenoxy) is 1. The number of fused-ring (bicyclic) bond motifs is 1. The second-order valence-corrected chi connectivity index (χ2v) is 3.11. The molecule has 0 aromatic heterocycles. The molecule has 4 heteroatoms. The van der Waals surface area contributed by atoms with Gasteiger partial charge in [-0.3, -0.25) is 4.79 Å². The van der Waals surface area contributed by atoms with E-state index >= 15 is 0 Å². The summed E-state index contributed by atoms with van der Waals surface area (Å²) in [7, 11) is 0. The van der Waals surface area contributed by atoms with Crippen molar-refractivity contribution in [3.8, 4) is 5.75 Å². The fourth-order valence-electron chi connectivity index (χ4n) is 1.55. The molecular formula is C10H10FNO2. The average molecular weight is 195 g/mol. The van der Waals surface area contributed by atoms with Crippen molar-refractivity contribution in [3.63, 3.8) is 0 Å². The number of anilines is 1. The van der Waals surface area contributed by atoms with Gasteiger partial charge in [0.25, 0.3) is 0 Å². The third kappa shape index (κ3) is 1.32. The minimum Gasteiger partial charge on any atom is -0.489 e. The van der Waals surface area contributed by atoms with Crippen LogP contribution >= 0.6 is 0 Å². The second kappa shape index (κ2) is 3.29. The van der Waals surface area contributed by atoms with Crippen molar-refractivity contribution < 1.29 is 13.9 Å². The predicted octanol–water partition coefficient (Wildman–Crippen LogP) is 1.57. The van der Waals surface area contributed by atoms with Crippen LogP contribution in [0.1, 0.15) is 6.92 Å². The van der Waals surface area contributed by atoms with E-state index in [0.29, 0.717) is 18.9 Å². The van der Waals surface area contributed by atoms with Crippen LogP contribution in [0, 0.1) is 5.82 Å². The van der Waals surface area contributed by atoms with Gasteiger partial charge in [-0.05, 0) is 12.1 Å². The number of hydrogen-bond acceptors (Lipinski definition) is 2. The van der Waals surface area contributed by atoms with Crippen molar-refractivity contribution in [2.75, 3.05) is 18.1 Å². The molecule has 74 valence electrons. The highest BCUT2D eigenvalue weighted by molar-refractivity contribution is 5.93. The lowest BCUT2D eigenvalue weighted by atomic mass is 10.2. The standard InChI is InChI=1S/C10H10FNO2/c1-7(13)12-5-6-14-9-4-2-3-8(11)10(9)12/h2-4H,5-6H2,1H3. The molecule has 1 heterocycles. The quantitative estimate of drug-likeness (QED) is 0.628. The Bertz CT molecular complexity index is 378. The van der Waals surface area contributed by atoms with Crippen molar-refractivity contribution in [3.05, 3.63) is 24.0 Å². The summed E-state index contributed by atoms with van der Waals surface area (Å²) in [5, 5.41) is 0. The zero-order valence-corrected chi connectivity index (χ0v) is 7.79. The first kappa shape index (κ1) is 8.99. The minimum atomic E-state index is -0.419. The van der Waals surface area contributed by atoms with Crippen LogP contribution in [0.3, 0.4) is 0 Å². The van der Waals surface area contributed by atoms with Crippen LogP contribution in [0.5, 0.6) is 5.75 Å². The van der Waals surface area contributed by atoms with Crippen molar-refractivity contribution in [1.82, 2.24) is 0 Å². The highest BCUT2D eigenvalue weighted by Gasteiger charge is 2.24. The molecule has 0 radical (unpaired) electrons. The van der Waals surface area contributed by atoms with E-state index in [1.165, 1.54) is 17.9 Å². The Kier molecular flexibility index (Phi) is 2.11. The average Bonchev–Trinajstić information content (AvgIpc) is 2.17. The molecule has 0 bridgehead atoms. The first-order chi connectivity index (χ1) is 6.70. The molecule has 14 heavy (non-hydrogen) atoms. The molecule has 0 saturated carbocycles. The van der Waals surface area contributed by atoms with E-state index in [0.717, 1.165) is 0 Å². The summed E-state index contributed by atoms with van der Waals surface area (Å²) >= 11 is 0. The first-order valence-electron chi connectivity index (χ1n) is 4.39. The van der Waals surface area contributed by atoms with Gasteiger partial charge in [-0.2, -0.15) is 0 Å². The van der Waals surface area contributed by atoms with E-state index in [2.05, 4.69) is 0 Å². The number of carbonyl (C=O) groups excluding carboxylic acids is 1. The van der Waals surface area contributed by atoms with Gasteiger partial charge >= 0.3 is 0 Å². The van der Waals surface area contributed by atoms with E-state index in [-0.39, 0.29) is 11.6 Å². The number of benzene rings is 1. The molecule has 0 spiro atoms. The highest BCUT2D eigenvalue weighted by atomic mass is 19.1. The van der Waals surface area contributed by atoms with Crippen molar-refractivity contribution in [1.29, 1.82) is 0 Å². The Balaban J connectivity index is 2.52. The largest absolute Gasteiger partial charge is 0.489 e. The van der Waals surface area contributed by atoms with E-state index in [1.807, 2.05) is 0 Å². The number of halogens is 1. The fraction of sp³-hybridized carbons (Fsp3) is 0.300. The lowest BCUT2D eigenvalue weighted by Crippen LogP contribution is -2.37. The van der Waals surface area contributed by atoms with E-state index in [4.69, 9.17) is 4.74 Å². The molecule has 1 aromatic rings. The monoisotopic (exact) mass is 195 g/mol. The molecule has 1 amide bonds. The van der Waals surface area contributed by atoms with Crippen molar-refractivity contribution >= 4 is 11.6 Å². The van der Waals surface area contributed by atoms with Gasteiger partial charge in [-0.15, -0.1) is 0 Å². The Hall–Kier alpha value is -1.58. The van der Waals surface area contributed by atoms with Crippen LogP contribution in [0.15, 0.2) is 18.2 Å². The lowest BCUT2D eigenvalue weighted by molar-refractivity contribution is -0.116. The number of nitrogens with zero attached hydrogens (tertiary/aromatic N) is 1. The molecule has 0 aliphatic carbocycles. The van der Waals surface area contributed by atoms with Crippen molar-refractivity contribution in [2.45, 2.75) is 6.92 Å². The molecule has 0 atom stereocenters. The lowest BCUT2D eigenvalue weighted by Gasteiger charge is -2.28. The number of carbonyl (C=O) groups is 1. The topological polar surface area (TPSA) is 29.5 Å². The third-order valence-electron chi connectivity index (χ3n) is 2.17. The van der Waals surface area contributed by atoms with Crippen LogP contribution in [-0.4, -0.2) is 19.1 Å². The van der Waals surface area contributed by atoms with Crippen LogP contribution in [0.4, 0.5) is 10.1 Å². The van der Waals surface area contributed by atoms with Gasteiger partial charge in [-0.25, -0.2) is 4.39 Å². The van der Waals surface area contributed by atoms with Crippen LogP contribution in [0.25, 0.3) is 0 Å². The van der Waals surface area contributed by atoms with Gasteiger partial charge in [0, 0.05) is 6.92 Å². The summed E-state index contributed by atoms with van der Waals surface area (Å²) in [6.07, 6.45) is 0. The molecule has 0 N–H and O–H groups in total. The Morgan fingerprint density at radius 2 is 2.36 bits per heavy atom. The maximum absolute atomic E-state index is 13.4. The van der Waals surface area contributed by atoms with Gasteiger partial charge in [0.1, 0.15) is 18.0 Å². The van der Waals surface area contributed by atoms with E-state index < -0.39 is 5.82 Å². The third-order valence-corrected chi connectivity index (χ3v) is 2.17. The number of rotatable bonds is 0. The molecule has 1 aliphatic rings. The second-order valence-electron chi connectivity index (χ2n) is 3.11. The fourth-order valence-corrected chi connectivity index (χ4v) is 1.55. The van der Waals surface area contributed by atoms with Crippen LogP contribution < -0.4 is 9.64 Å². The van der Waals surface area contributed by atoms with Gasteiger partial charge in [-0.1, -0.05) is 6.07 Å². The summed E-state index contributed by atoms with van der Waals surface area (Å²) < 4.78 is 18.7. The Morgan fingerprint density at radius 1 is 1.57 bits per heavy atom. The smallest absolute Gasteiger partial charge is 0.224 e. The minimum absolute atomic E-state index is 0.167. The molecule has 0 unspecified atom stereocenters. The normalized spacial score (nSPS) is 14.6. The summed E-state index contributed by atoms with van der Waals surface area (Å²) in [5.74, 6) is -0.150. The SMILES string of the molecule is CC(=O)N1CCOc2cccc(F)c21. The van der Waals surface area contributed by atoms with Crippen LogP contribution in [0.2, 0.25) is 0 Å². The maximum atomic E-state index is 13.4. The van der Waals surface area contributed by atoms with Gasteiger partial charge in [0.15, 0.2) is 5.82 Å². The number of para-hydroxylation sites is 1. The first-order valence-corrected chi connectivity index (χ1v) is 4.39. The van der Waals surface area contributed by atoms with Gasteiger partial charge in [0.05, 0.1) is 6.54 Å². The Morgan fingerprint density at radius 3 is 3.07 bits per heavy atom. The summed E-state index contributed by atoms with van der Waals surface area (Å²) in [6, 6.07) is 4.55.